The van der Waals surface area contributed by atoms with E-state index < -0.39 is 10.0 Å². The van der Waals surface area contributed by atoms with Gasteiger partial charge in [0.15, 0.2) is 5.96 Å². The van der Waals surface area contributed by atoms with Crippen LogP contribution in [-0.2, 0) is 16.6 Å². The zero-order valence-electron chi connectivity index (χ0n) is 17.1. The number of aliphatic imine (C=N–C) groups is 1. The van der Waals surface area contributed by atoms with Crippen LogP contribution in [0.4, 0.5) is 0 Å². The van der Waals surface area contributed by atoms with Gasteiger partial charge in [-0.05, 0) is 56.9 Å². The molecule has 1 aliphatic rings. The summed E-state index contributed by atoms with van der Waals surface area (Å²) in [5, 5.41) is 6.72. The van der Waals surface area contributed by atoms with Gasteiger partial charge in [0.2, 0.25) is 10.0 Å². The van der Waals surface area contributed by atoms with Gasteiger partial charge in [-0.1, -0.05) is 18.2 Å². The maximum absolute atomic E-state index is 12.7. The van der Waals surface area contributed by atoms with Gasteiger partial charge in [-0.15, -0.1) is 11.3 Å². The summed E-state index contributed by atoms with van der Waals surface area (Å²) >= 11 is 1.77. The Bertz CT molecular complexity index is 902. The first kappa shape index (κ1) is 21.8. The van der Waals surface area contributed by atoms with Crippen LogP contribution in [0.25, 0.3) is 0 Å². The summed E-state index contributed by atoms with van der Waals surface area (Å²) in [5.74, 6) is 1.25. The number of hydrogen-bond donors (Lipinski definition) is 2. The predicted molar refractivity (Wildman–Crippen MR) is 120 cm³/mol. The van der Waals surface area contributed by atoms with E-state index in [2.05, 4.69) is 41.6 Å². The number of hydrogen-bond acceptors (Lipinski definition) is 4. The average molecular weight is 435 g/mol. The van der Waals surface area contributed by atoms with Crippen LogP contribution in [0.5, 0.6) is 0 Å². The molecule has 2 aromatic rings. The normalized spacial score (nSPS) is 16.7. The second-order valence-corrected chi connectivity index (χ2v) is 10.6. The highest BCUT2D eigenvalue weighted by molar-refractivity contribution is 7.89. The monoisotopic (exact) mass is 434 g/mol. The van der Waals surface area contributed by atoms with Crippen LogP contribution in [0.2, 0.25) is 0 Å². The fourth-order valence-electron chi connectivity index (χ4n) is 3.41. The Morgan fingerprint density at radius 1 is 1.14 bits per heavy atom. The molecular weight excluding hydrogens is 404 g/mol. The lowest BCUT2D eigenvalue weighted by molar-refractivity contribution is 0.273. The average Bonchev–Trinajstić information content (AvgIpc) is 3.16. The van der Waals surface area contributed by atoms with Crippen molar-refractivity contribution in [3.8, 4) is 0 Å². The summed E-state index contributed by atoms with van der Waals surface area (Å²) in [6, 6.07) is 12.9. The number of guanidine groups is 1. The molecule has 0 radical (unpaired) electrons. The lowest BCUT2D eigenvalue weighted by atomic mass is 9.98. The summed E-state index contributed by atoms with van der Waals surface area (Å²) < 4.78 is 27.1. The zero-order valence-corrected chi connectivity index (χ0v) is 18.7. The molecule has 1 aromatic heterocycles. The third-order valence-corrected chi connectivity index (χ3v) is 7.94. The highest BCUT2D eigenvalue weighted by Crippen LogP contribution is 2.23. The minimum atomic E-state index is -3.38. The summed E-state index contributed by atoms with van der Waals surface area (Å²) in [4.78, 5) is 7.60. The minimum Gasteiger partial charge on any atom is -0.357 e. The molecule has 0 spiro atoms. The third-order valence-electron chi connectivity index (χ3n) is 5.05. The number of piperidine rings is 1. The highest BCUT2D eigenvalue weighted by Gasteiger charge is 2.29. The zero-order chi connectivity index (χ0) is 20.7. The first-order valence-corrected chi connectivity index (χ1v) is 12.4. The van der Waals surface area contributed by atoms with E-state index in [1.807, 2.05) is 6.07 Å². The SMILES string of the molecule is CCNC(=NCc1ccc(C)s1)NCC1CCN(S(=O)(=O)c2ccccc2)CC1. The summed E-state index contributed by atoms with van der Waals surface area (Å²) in [6.07, 6.45) is 1.70. The van der Waals surface area contributed by atoms with E-state index in [-0.39, 0.29) is 0 Å². The molecule has 0 bridgehead atoms. The van der Waals surface area contributed by atoms with Crippen molar-refractivity contribution in [2.75, 3.05) is 26.2 Å². The van der Waals surface area contributed by atoms with Gasteiger partial charge in [-0.2, -0.15) is 4.31 Å². The fourth-order valence-corrected chi connectivity index (χ4v) is 5.71. The summed E-state index contributed by atoms with van der Waals surface area (Å²) in [7, 11) is -3.38. The molecule has 0 aliphatic carbocycles. The Morgan fingerprint density at radius 2 is 1.86 bits per heavy atom. The molecule has 2 heterocycles. The number of benzene rings is 1. The lowest BCUT2D eigenvalue weighted by Gasteiger charge is -2.31. The lowest BCUT2D eigenvalue weighted by Crippen LogP contribution is -2.44. The topological polar surface area (TPSA) is 73.8 Å². The number of thiophene rings is 1. The molecule has 0 saturated carbocycles. The van der Waals surface area contributed by atoms with Crippen LogP contribution in [-0.4, -0.2) is 44.9 Å². The largest absolute Gasteiger partial charge is 0.357 e. The van der Waals surface area contributed by atoms with Crippen molar-refractivity contribution in [2.24, 2.45) is 10.9 Å². The first-order valence-electron chi connectivity index (χ1n) is 10.1. The van der Waals surface area contributed by atoms with E-state index in [0.29, 0.717) is 30.4 Å². The van der Waals surface area contributed by atoms with Crippen molar-refractivity contribution < 1.29 is 8.42 Å². The Labute approximate surface area is 178 Å². The van der Waals surface area contributed by atoms with Crippen LogP contribution >= 0.6 is 11.3 Å². The molecule has 2 N–H and O–H groups in total. The highest BCUT2D eigenvalue weighted by atomic mass is 32.2. The van der Waals surface area contributed by atoms with Crippen molar-refractivity contribution >= 4 is 27.3 Å². The summed E-state index contributed by atoms with van der Waals surface area (Å²) in [6.45, 7) is 7.56. The van der Waals surface area contributed by atoms with Gasteiger partial charge in [0.05, 0.1) is 11.4 Å². The first-order chi connectivity index (χ1) is 14.0. The molecule has 158 valence electrons. The molecule has 0 atom stereocenters. The van der Waals surface area contributed by atoms with Crippen molar-refractivity contribution in [1.82, 2.24) is 14.9 Å². The predicted octanol–water partition coefficient (Wildman–Crippen LogP) is 3.21. The molecule has 1 aromatic carbocycles. The quantitative estimate of drug-likeness (QED) is 0.518. The number of nitrogens with one attached hydrogen (secondary N) is 2. The van der Waals surface area contributed by atoms with Crippen molar-refractivity contribution in [1.29, 1.82) is 0 Å². The van der Waals surface area contributed by atoms with Crippen LogP contribution in [0.1, 0.15) is 29.5 Å². The van der Waals surface area contributed by atoms with Crippen molar-refractivity contribution in [2.45, 2.75) is 38.1 Å². The van der Waals surface area contributed by atoms with Crippen molar-refractivity contribution in [3.63, 3.8) is 0 Å². The number of rotatable bonds is 7. The Balaban J connectivity index is 1.50. The smallest absolute Gasteiger partial charge is 0.243 e. The molecule has 6 nitrogen and oxygen atoms in total. The second kappa shape index (κ2) is 10.2. The van der Waals surface area contributed by atoms with Gasteiger partial charge >= 0.3 is 0 Å². The van der Waals surface area contributed by atoms with Gasteiger partial charge in [0.25, 0.3) is 0 Å². The minimum absolute atomic E-state index is 0.377. The molecule has 29 heavy (non-hydrogen) atoms. The maximum atomic E-state index is 12.7. The molecule has 1 aliphatic heterocycles. The van der Waals surface area contributed by atoms with Gasteiger partial charge in [0, 0.05) is 35.9 Å². The van der Waals surface area contributed by atoms with Crippen LogP contribution < -0.4 is 10.6 Å². The van der Waals surface area contributed by atoms with Crippen LogP contribution in [0.15, 0.2) is 52.4 Å². The van der Waals surface area contributed by atoms with Crippen molar-refractivity contribution in [3.05, 3.63) is 52.2 Å². The van der Waals surface area contributed by atoms with E-state index in [0.717, 1.165) is 31.9 Å². The molecule has 8 heteroatoms. The van der Waals surface area contributed by atoms with E-state index in [4.69, 9.17) is 0 Å². The van der Waals surface area contributed by atoms with Gasteiger partial charge in [-0.3, -0.25) is 0 Å². The number of sulfonamides is 1. The standard InChI is InChI=1S/C21H30N4O2S2/c1-3-22-21(24-16-19-10-9-17(2)28-19)23-15-18-11-13-25(14-12-18)29(26,27)20-7-5-4-6-8-20/h4-10,18H,3,11-16H2,1-2H3,(H2,22,23,24). The molecule has 3 rings (SSSR count). The maximum Gasteiger partial charge on any atom is 0.243 e. The van der Waals surface area contributed by atoms with Gasteiger partial charge < -0.3 is 10.6 Å². The molecule has 0 unspecified atom stereocenters. The van der Waals surface area contributed by atoms with Crippen LogP contribution in [0, 0.1) is 12.8 Å². The van der Waals surface area contributed by atoms with E-state index >= 15 is 0 Å². The molecule has 1 fully saturated rings. The van der Waals surface area contributed by atoms with Gasteiger partial charge in [-0.25, -0.2) is 13.4 Å². The van der Waals surface area contributed by atoms with Crippen LogP contribution in [0.3, 0.4) is 0 Å². The van der Waals surface area contributed by atoms with E-state index in [1.54, 1.807) is 39.9 Å². The fraction of sp³-hybridized carbons (Fsp3) is 0.476. The van der Waals surface area contributed by atoms with E-state index in [1.165, 1.54) is 9.75 Å². The van der Waals surface area contributed by atoms with Gasteiger partial charge in [0.1, 0.15) is 0 Å². The second-order valence-electron chi connectivity index (χ2n) is 7.25. The molecule has 0 amide bonds. The Morgan fingerprint density at radius 3 is 2.48 bits per heavy atom. The Kier molecular flexibility index (Phi) is 7.69. The molecule has 1 saturated heterocycles. The molecular formula is C21H30N4O2S2. The number of aryl methyl sites for hydroxylation is 1. The number of nitrogens with zero attached hydrogens (tertiary/aromatic N) is 2. The third kappa shape index (κ3) is 6.04. The van der Waals surface area contributed by atoms with E-state index in [9.17, 15) is 8.42 Å². The Hall–Kier alpha value is -1.90. The summed E-state index contributed by atoms with van der Waals surface area (Å²) in [5.41, 5.74) is 0.